The molecule has 0 aromatic carbocycles. The summed E-state index contributed by atoms with van der Waals surface area (Å²) in [4.78, 5) is 11.5. The fraction of sp³-hybridized carbons (Fsp3) is 0.923. The van der Waals surface area contributed by atoms with Gasteiger partial charge in [0.1, 0.15) is 0 Å². The van der Waals surface area contributed by atoms with Crippen molar-refractivity contribution in [3.05, 3.63) is 0 Å². The SMILES string of the molecule is CCCC(=O)N[C@@H](C)C1CCCCCC1. The van der Waals surface area contributed by atoms with Gasteiger partial charge in [0.15, 0.2) is 0 Å². The summed E-state index contributed by atoms with van der Waals surface area (Å²) in [6.45, 7) is 4.22. The lowest BCUT2D eigenvalue weighted by molar-refractivity contribution is -0.122. The zero-order valence-corrected chi connectivity index (χ0v) is 10.2. The largest absolute Gasteiger partial charge is 0.353 e. The van der Waals surface area contributed by atoms with Crippen LogP contribution in [0.25, 0.3) is 0 Å². The predicted molar refractivity (Wildman–Crippen MR) is 63.7 cm³/mol. The Labute approximate surface area is 93.8 Å². The number of hydrogen-bond donors (Lipinski definition) is 1. The fourth-order valence-electron chi connectivity index (χ4n) is 2.48. The zero-order valence-electron chi connectivity index (χ0n) is 10.2. The molecule has 1 amide bonds. The van der Waals surface area contributed by atoms with Gasteiger partial charge in [-0.1, -0.05) is 32.6 Å². The Kier molecular flexibility index (Phi) is 5.74. The van der Waals surface area contributed by atoms with Crippen LogP contribution in [0.2, 0.25) is 0 Å². The van der Waals surface area contributed by atoms with E-state index >= 15 is 0 Å². The van der Waals surface area contributed by atoms with E-state index in [4.69, 9.17) is 0 Å². The summed E-state index contributed by atoms with van der Waals surface area (Å²) in [6, 6.07) is 0.377. The Balaban J connectivity index is 2.30. The minimum atomic E-state index is 0.231. The summed E-state index contributed by atoms with van der Waals surface area (Å²) in [5.74, 6) is 0.947. The lowest BCUT2D eigenvalue weighted by Crippen LogP contribution is -2.37. The van der Waals surface area contributed by atoms with Crippen LogP contribution in [0.15, 0.2) is 0 Å². The van der Waals surface area contributed by atoms with E-state index in [0.717, 1.165) is 6.42 Å². The van der Waals surface area contributed by atoms with E-state index in [2.05, 4.69) is 19.2 Å². The molecule has 15 heavy (non-hydrogen) atoms. The summed E-state index contributed by atoms with van der Waals surface area (Å²) in [5, 5.41) is 3.14. The topological polar surface area (TPSA) is 29.1 Å². The average molecular weight is 211 g/mol. The summed E-state index contributed by atoms with van der Waals surface area (Å²) in [7, 11) is 0. The van der Waals surface area contributed by atoms with Gasteiger partial charge in [0.05, 0.1) is 0 Å². The second kappa shape index (κ2) is 6.86. The van der Waals surface area contributed by atoms with E-state index in [1.807, 2.05) is 0 Å². The van der Waals surface area contributed by atoms with Crippen molar-refractivity contribution in [1.82, 2.24) is 5.32 Å². The summed E-state index contributed by atoms with van der Waals surface area (Å²) < 4.78 is 0. The normalized spacial score (nSPS) is 20.7. The van der Waals surface area contributed by atoms with Crippen LogP contribution in [0, 0.1) is 5.92 Å². The van der Waals surface area contributed by atoms with Gasteiger partial charge in [0, 0.05) is 12.5 Å². The second-order valence-corrected chi connectivity index (χ2v) is 4.86. The van der Waals surface area contributed by atoms with Crippen LogP contribution in [0.3, 0.4) is 0 Å². The van der Waals surface area contributed by atoms with E-state index < -0.39 is 0 Å². The van der Waals surface area contributed by atoms with Crippen molar-refractivity contribution in [3.8, 4) is 0 Å². The summed E-state index contributed by atoms with van der Waals surface area (Å²) in [5.41, 5.74) is 0. The maximum absolute atomic E-state index is 11.5. The van der Waals surface area contributed by atoms with Crippen LogP contribution in [0.4, 0.5) is 0 Å². The third-order valence-corrected chi connectivity index (χ3v) is 3.47. The number of carbonyl (C=O) groups is 1. The van der Waals surface area contributed by atoms with Gasteiger partial charge < -0.3 is 5.32 Å². The smallest absolute Gasteiger partial charge is 0.220 e. The lowest BCUT2D eigenvalue weighted by Gasteiger charge is -2.23. The Hall–Kier alpha value is -0.530. The molecule has 1 saturated carbocycles. The molecule has 1 atom stereocenters. The Morgan fingerprint density at radius 3 is 2.40 bits per heavy atom. The molecule has 1 aliphatic carbocycles. The number of nitrogens with one attached hydrogen (secondary N) is 1. The molecule has 0 aliphatic heterocycles. The van der Waals surface area contributed by atoms with Crippen molar-refractivity contribution in [2.24, 2.45) is 5.92 Å². The van der Waals surface area contributed by atoms with Gasteiger partial charge in [-0.25, -0.2) is 0 Å². The van der Waals surface area contributed by atoms with Crippen LogP contribution in [-0.4, -0.2) is 11.9 Å². The van der Waals surface area contributed by atoms with Crippen LogP contribution in [0.1, 0.15) is 65.2 Å². The van der Waals surface area contributed by atoms with E-state index in [9.17, 15) is 4.79 Å². The zero-order chi connectivity index (χ0) is 11.1. The van der Waals surface area contributed by atoms with E-state index in [0.29, 0.717) is 18.4 Å². The minimum Gasteiger partial charge on any atom is -0.353 e. The van der Waals surface area contributed by atoms with Gasteiger partial charge in [-0.3, -0.25) is 4.79 Å². The molecule has 2 heteroatoms. The predicted octanol–water partition coefficient (Wildman–Crippen LogP) is 3.26. The minimum absolute atomic E-state index is 0.231. The molecule has 0 spiro atoms. The van der Waals surface area contributed by atoms with Crippen molar-refractivity contribution in [2.45, 2.75) is 71.3 Å². The molecule has 1 N–H and O–H groups in total. The molecule has 88 valence electrons. The number of rotatable bonds is 4. The van der Waals surface area contributed by atoms with Gasteiger partial charge >= 0.3 is 0 Å². The third kappa shape index (κ3) is 4.67. The van der Waals surface area contributed by atoms with Crippen molar-refractivity contribution in [2.75, 3.05) is 0 Å². The first kappa shape index (κ1) is 12.5. The van der Waals surface area contributed by atoms with Crippen molar-refractivity contribution in [1.29, 1.82) is 0 Å². The fourth-order valence-corrected chi connectivity index (χ4v) is 2.48. The first-order chi connectivity index (χ1) is 7.24. The van der Waals surface area contributed by atoms with Crippen LogP contribution in [-0.2, 0) is 4.79 Å². The quantitative estimate of drug-likeness (QED) is 0.710. The Morgan fingerprint density at radius 2 is 1.87 bits per heavy atom. The Morgan fingerprint density at radius 1 is 1.27 bits per heavy atom. The summed E-state index contributed by atoms with van der Waals surface area (Å²) in [6.07, 6.45) is 9.68. The molecule has 1 rings (SSSR count). The lowest BCUT2D eigenvalue weighted by atomic mass is 9.93. The molecular formula is C13H25NO. The van der Waals surface area contributed by atoms with E-state index in [-0.39, 0.29) is 5.91 Å². The molecule has 0 saturated heterocycles. The number of amides is 1. The van der Waals surface area contributed by atoms with Gasteiger partial charge in [-0.2, -0.15) is 0 Å². The van der Waals surface area contributed by atoms with Crippen LogP contribution < -0.4 is 5.32 Å². The Bertz CT molecular complexity index is 183. The van der Waals surface area contributed by atoms with Crippen molar-refractivity contribution >= 4 is 5.91 Å². The van der Waals surface area contributed by atoms with E-state index in [1.165, 1.54) is 38.5 Å². The standard InChI is InChI=1S/C13H25NO/c1-3-8-13(15)14-11(2)12-9-6-4-5-7-10-12/h11-12H,3-10H2,1-2H3,(H,14,15)/t11-/m0/s1. The molecule has 0 aromatic heterocycles. The van der Waals surface area contributed by atoms with Gasteiger partial charge in [-0.05, 0) is 32.1 Å². The maximum atomic E-state index is 11.5. The monoisotopic (exact) mass is 211 g/mol. The maximum Gasteiger partial charge on any atom is 0.220 e. The van der Waals surface area contributed by atoms with Gasteiger partial charge in [0.25, 0.3) is 0 Å². The first-order valence-electron chi connectivity index (χ1n) is 6.53. The molecular weight excluding hydrogens is 186 g/mol. The number of hydrogen-bond acceptors (Lipinski definition) is 1. The highest BCUT2D eigenvalue weighted by Crippen LogP contribution is 2.25. The molecule has 0 radical (unpaired) electrons. The van der Waals surface area contributed by atoms with E-state index in [1.54, 1.807) is 0 Å². The molecule has 1 aliphatic rings. The summed E-state index contributed by atoms with van der Waals surface area (Å²) >= 11 is 0. The van der Waals surface area contributed by atoms with Crippen molar-refractivity contribution in [3.63, 3.8) is 0 Å². The van der Waals surface area contributed by atoms with Crippen molar-refractivity contribution < 1.29 is 4.79 Å². The van der Waals surface area contributed by atoms with Gasteiger partial charge in [0.2, 0.25) is 5.91 Å². The second-order valence-electron chi connectivity index (χ2n) is 4.86. The van der Waals surface area contributed by atoms with Crippen LogP contribution in [0.5, 0.6) is 0 Å². The van der Waals surface area contributed by atoms with Crippen LogP contribution >= 0.6 is 0 Å². The first-order valence-corrected chi connectivity index (χ1v) is 6.53. The molecule has 1 fully saturated rings. The molecule has 0 bridgehead atoms. The van der Waals surface area contributed by atoms with Gasteiger partial charge in [-0.15, -0.1) is 0 Å². The molecule has 0 heterocycles. The molecule has 0 aromatic rings. The molecule has 2 nitrogen and oxygen atoms in total. The highest BCUT2D eigenvalue weighted by Gasteiger charge is 2.19. The highest BCUT2D eigenvalue weighted by atomic mass is 16.1. The number of carbonyl (C=O) groups excluding carboxylic acids is 1. The average Bonchev–Trinajstić information content (AvgIpc) is 2.45. The highest BCUT2D eigenvalue weighted by molar-refractivity contribution is 5.76. The molecule has 0 unspecified atom stereocenters. The third-order valence-electron chi connectivity index (χ3n) is 3.47.